The molecule has 0 saturated heterocycles. The monoisotopic (exact) mass is 403 g/mol. The van der Waals surface area contributed by atoms with Gasteiger partial charge in [0.05, 0.1) is 11.1 Å². The van der Waals surface area contributed by atoms with Crippen molar-refractivity contribution < 1.29 is 4.92 Å². The van der Waals surface area contributed by atoms with Crippen LogP contribution in [0, 0.1) is 14.9 Å². The second kappa shape index (κ2) is 6.85. The van der Waals surface area contributed by atoms with Crippen molar-refractivity contribution in [2.24, 2.45) is 5.10 Å². The van der Waals surface area contributed by atoms with E-state index >= 15 is 0 Å². The molecule has 0 amide bonds. The average Bonchev–Trinajstić information content (AvgIpc) is 2.95. The number of rotatable bonds is 4. The van der Waals surface area contributed by atoms with Crippen LogP contribution in [0.1, 0.15) is 5.56 Å². The predicted octanol–water partition coefficient (Wildman–Crippen LogP) is 4.16. The predicted molar refractivity (Wildman–Crippen MR) is 96.6 cm³/mol. The Hall–Kier alpha value is -2.65. The van der Waals surface area contributed by atoms with Gasteiger partial charge >= 0.3 is 0 Å². The first-order valence-electron chi connectivity index (χ1n) is 6.77. The third-order valence-electron chi connectivity index (χ3n) is 3.16. The molecule has 0 saturated carbocycles. The number of hydrogen-bond acceptors (Lipinski definition) is 5. The zero-order valence-electron chi connectivity index (χ0n) is 12.1. The minimum absolute atomic E-state index is 0.00266. The molecular formula is C15H10BrN5O2S. The van der Waals surface area contributed by atoms with Crippen LogP contribution in [-0.4, -0.2) is 26.0 Å². The molecule has 1 N–H and O–H groups in total. The van der Waals surface area contributed by atoms with Crippen molar-refractivity contribution >= 4 is 40.0 Å². The highest BCUT2D eigenvalue weighted by atomic mass is 79.9. The van der Waals surface area contributed by atoms with Gasteiger partial charge in [-0.1, -0.05) is 40.2 Å². The smallest absolute Gasteiger partial charge is 0.258 e. The highest BCUT2D eigenvalue weighted by Gasteiger charge is 2.08. The summed E-state index contributed by atoms with van der Waals surface area (Å²) >= 11 is 8.58. The third kappa shape index (κ3) is 3.47. The fourth-order valence-electron chi connectivity index (χ4n) is 2.03. The number of nitrogens with one attached hydrogen (secondary N) is 1. The lowest BCUT2D eigenvalue weighted by Gasteiger charge is -2.01. The number of aromatic amines is 1. The highest BCUT2D eigenvalue weighted by molar-refractivity contribution is 9.10. The standard InChI is InChI=1S/C15H10BrN5O2S/c16-12-6-4-11(5-7-12)14-18-19-15(24)20(14)17-9-10-2-1-3-13(8-10)21(22)23/h1-9H,(H,19,24). The Morgan fingerprint density at radius 3 is 2.75 bits per heavy atom. The zero-order chi connectivity index (χ0) is 17.1. The molecular weight excluding hydrogens is 394 g/mol. The number of nitrogens with zero attached hydrogens (tertiary/aromatic N) is 4. The molecule has 0 aliphatic carbocycles. The second-order valence-electron chi connectivity index (χ2n) is 4.77. The third-order valence-corrected chi connectivity index (χ3v) is 3.95. The quantitative estimate of drug-likeness (QED) is 0.306. The van der Waals surface area contributed by atoms with Gasteiger partial charge in [0.25, 0.3) is 5.69 Å². The normalized spacial score (nSPS) is 11.0. The molecule has 3 aromatic rings. The largest absolute Gasteiger partial charge is 0.270 e. The van der Waals surface area contributed by atoms with Crippen LogP contribution in [-0.2, 0) is 0 Å². The summed E-state index contributed by atoms with van der Waals surface area (Å²) in [5.74, 6) is 0.550. The summed E-state index contributed by atoms with van der Waals surface area (Å²) in [5, 5.41) is 22.0. The molecule has 1 aromatic heterocycles. The molecule has 0 atom stereocenters. The number of H-pyrrole nitrogens is 1. The Bertz CT molecular complexity index is 978. The van der Waals surface area contributed by atoms with E-state index in [9.17, 15) is 10.1 Å². The molecule has 0 aliphatic rings. The summed E-state index contributed by atoms with van der Waals surface area (Å²) < 4.78 is 2.75. The molecule has 0 aliphatic heterocycles. The maximum Gasteiger partial charge on any atom is 0.270 e. The van der Waals surface area contributed by atoms with Gasteiger partial charge in [-0.3, -0.25) is 10.1 Å². The van der Waals surface area contributed by atoms with E-state index in [2.05, 4.69) is 31.2 Å². The highest BCUT2D eigenvalue weighted by Crippen LogP contribution is 2.20. The van der Waals surface area contributed by atoms with Crippen molar-refractivity contribution in [3.63, 3.8) is 0 Å². The van der Waals surface area contributed by atoms with Gasteiger partial charge in [-0.25, -0.2) is 5.10 Å². The van der Waals surface area contributed by atoms with Gasteiger partial charge in [-0.05, 0) is 24.4 Å². The summed E-state index contributed by atoms with van der Waals surface area (Å²) in [6.45, 7) is 0. The molecule has 2 aromatic carbocycles. The lowest BCUT2D eigenvalue weighted by Crippen LogP contribution is -1.95. The molecule has 0 bridgehead atoms. The van der Waals surface area contributed by atoms with E-state index in [0.717, 1.165) is 10.0 Å². The maximum absolute atomic E-state index is 10.8. The van der Waals surface area contributed by atoms with Crippen LogP contribution in [0.15, 0.2) is 58.1 Å². The molecule has 0 spiro atoms. The maximum atomic E-state index is 10.8. The van der Waals surface area contributed by atoms with Crippen molar-refractivity contribution in [3.8, 4) is 11.4 Å². The number of nitro groups is 1. The Morgan fingerprint density at radius 2 is 2.04 bits per heavy atom. The van der Waals surface area contributed by atoms with Gasteiger partial charge in [-0.2, -0.15) is 14.9 Å². The van der Waals surface area contributed by atoms with E-state index < -0.39 is 4.92 Å². The number of hydrogen-bond donors (Lipinski definition) is 1. The fourth-order valence-corrected chi connectivity index (χ4v) is 2.47. The van der Waals surface area contributed by atoms with Gasteiger partial charge < -0.3 is 0 Å². The van der Waals surface area contributed by atoms with E-state index in [4.69, 9.17) is 12.2 Å². The van der Waals surface area contributed by atoms with Gasteiger partial charge in [0, 0.05) is 27.7 Å². The molecule has 9 heteroatoms. The first-order valence-corrected chi connectivity index (χ1v) is 7.97. The Labute approximate surface area is 149 Å². The number of aromatic nitrogens is 3. The first kappa shape index (κ1) is 16.2. The Morgan fingerprint density at radius 1 is 1.29 bits per heavy atom. The van der Waals surface area contributed by atoms with Crippen LogP contribution in [0.3, 0.4) is 0 Å². The van der Waals surface area contributed by atoms with E-state index in [1.54, 1.807) is 12.1 Å². The molecule has 1 heterocycles. The molecule has 3 rings (SSSR count). The molecule has 0 fully saturated rings. The SMILES string of the molecule is O=[N+]([O-])c1cccc(C=Nn2c(-c3ccc(Br)cc3)n[nH]c2=S)c1. The topological polar surface area (TPSA) is 89.1 Å². The first-order chi connectivity index (χ1) is 11.5. The van der Waals surface area contributed by atoms with Crippen LogP contribution in [0.25, 0.3) is 11.4 Å². The van der Waals surface area contributed by atoms with Gasteiger partial charge in [0.1, 0.15) is 0 Å². The van der Waals surface area contributed by atoms with Gasteiger partial charge in [-0.15, -0.1) is 0 Å². The van der Waals surface area contributed by atoms with Crippen molar-refractivity contribution in [1.82, 2.24) is 14.9 Å². The van der Waals surface area contributed by atoms with Crippen LogP contribution in [0.4, 0.5) is 5.69 Å². The van der Waals surface area contributed by atoms with Crippen LogP contribution < -0.4 is 0 Å². The van der Waals surface area contributed by atoms with E-state index in [1.807, 2.05) is 24.3 Å². The number of nitro benzene ring substituents is 1. The molecule has 120 valence electrons. The van der Waals surface area contributed by atoms with Crippen molar-refractivity contribution in [1.29, 1.82) is 0 Å². The van der Waals surface area contributed by atoms with Crippen LogP contribution in [0.5, 0.6) is 0 Å². The summed E-state index contributed by atoms with van der Waals surface area (Å²) in [5.41, 5.74) is 1.43. The molecule has 24 heavy (non-hydrogen) atoms. The summed E-state index contributed by atoms with van der Waals surface area (Å²) in [6.07, 6.45) is 1.50. The minimum Gasteiger partial charge on any atom is -0.258 e. The van der Waals surface area contributed by atoms with Crippen LogP contribution in [0.2, 0.25) is 0 Å². The number of benzene rings is 2. The average molecular weight is 404 g/mol. The zero-order valence-corrected chi connectivity index (χ0v) is 14.5. The van der Waals surface area contributed by atoms with Crippen molar-refractivity contribution in [2.45, 2.75) is 0 Å². The minimum atomic E-state index is -0.450. The Balaban J connectivity index is 1.97. The summed E-state index contributed by atoms with van der Waals surface area (Å²) in [7, 11) is 0. The second-order valence-corrected chi connectivity index (χ2v) is 6.07. The van der Waals surface area contributed by atoms with E-state index in [0.29, 0.717) is 16.2 Å². The Kier molecular flexibility index (Phi) is 4.63. The fraction of sp³-hybridized carbons (Fsp3) is 0. The molecule has 0 radical (unpaired) electrons. The van der Waals surface area contributed by atoms with Crippen LogP contribution >= 0.6 is 28.1 Å². The van der Waals surface area contributed by atoms with E-state index in [1.165, 1.54) is 23.0 Å². The lowest BCUT2D eigenvalue weighted by atomic mass is 10.2. The lowest BCUT2D eigenvalue weighted by molar-refractivity contribution is -0.384. The van der Waals surface area contributed by atoms with Gasteiger partial charge in [0.2, 0.25) is 4.77 Å². The summed E-state index contributed by atoms with van der Waals surface area (Å²) in [6, 6.07) is 13.7. The number of halogens is 1. The van der Waals surface area contributed by atoms with Gasteiger partial charge in [0.15, 0.2) is 5.82 Å². The molecule has 0 unspecified atom stereocenters. The van der Waals surface area contributed by atoms with E-state index in [-0.39, 0.29) is 5.69 Å². The molecule has 7 nitrogen and oxygen atoms in total. The summed E-state index contributed by atoms with van der Waals surface area (Å²) in [4.78, 5) is 10.4. The van der Waals surface area contributed by atoms with Crippen molar-refractivity contribution in [3.05, 3.63) is 73.5 Å². The number of non-ortho nitro benzene ring substituents is 1. The van der Waals surface area contributed by atoms with Crippen molar-refractivity contribution in [2.75, 3.05) is 0 Å².